The number of hydrogen-bond donors (Lipinski definition) is 1. The Morgan fingerprint density at radius 1 is 1.25 bits per heavy atom. The van der Waals surface area contributed by atoms with Crippen molar-refractivity contribution < 1.29 is 8.42 Å². The Hall–Kier alpha value is 0.200. The van der Waals surface area contributed by atoms with Crippen LogP contribution < -0.4 is 4.72 Å². The van der Waals surface area contributed by atoms with E-state index >= 15 is 0 Å². The molecule has 1 saturated carbocycles. The van der Waals surface area contributed by atoms with Crippen LogP contribution in [0.1, 0.15) is 39.5 Å². The summed E-state index contributed by atoms with van der Waals surface area (Å²) in [6.45, 7) is 3.95. The normalized spacial score (nSPS) is 27.2. The zero-order valence-electron chi connectivity index (χ0n) is 10.1. The molecule has 0 saturated heterocycles. The fourth-order valence-electron chi connectivity index (χ4n) is 2.15. The second-order valence-corrected chi connectivity index (χ2v) is 7.53. The molecule has 0 aromatic rings. The molecule has 2 atom stereocenters. The van der Waals surface area contributed by atoms with Crippen LogP contribution in [0.15, 0.2) is 0 Å². The van der Waals surface area contributed by atoms with E-state index in [0.717, 1.165) is 12.8 Å². The van der Waals surface area contributed by atoms with Gasteiger partial charge in [-0.25, -0.2) is 13.1 Å². The summed E-state index contributed by atoms with van der Waals surface area (Å²) in [7, 11) is -3.12. The SMILES string of the molecule is CC(C)S(=O)(=O)NCC1CCCCC1CCl. The highest BCUT2D eigenvalue weighted by molar-refractivity contribution is 7.90. The zero-order chi connectivity index (χ0) is 12.2. The Labute approximate surface area is 104 Å². The minimum atomic E-state index is -3.12. The van der Waals surface area contributed by atoms with E-state index in [2.05, 4.69) is 4.72 Å². The van der Waals surface area contributed by atoms with Gasteiger partial charge in [0.25, 0.3) is 0 Å². The van der Waals surface area contributed by atoms with Crippen molar-refractivity contribution in [1.29, 1.82) is 0 Å². The van der Waals surface area contributed by atoms with Crippen LogP contribution in [0, 0.1) is 11.8 Å². The molecule has 96 valence electrons. The highest BCUT2D eigenvalue weighted by Gasteiger charge is 2.26. The molecule has 0 spiro atoms. The molecule has 3 nitrogen and oxygen atoms in total. The molecule has 0 amide bonds. The van der Waals surface area contributed by atoms with Gasteiger partial charge in [-0.05, 0) is 38.5 Å². The van der Waals surface area contributed by atoms with Crippen LogP contribution in [-0.2, 0) is 10.0 Å². The van der Waals surface area contributed by atoms with Crippen LogP contribution in [0.5, 0.6) is 0 Å². The van der Waals surface area contributed by atoms with Crippen molar-refractivity contribution in [2.45, 2.75) is 44.8 Å². The molecule has 1 fully saturated rings. The van der Waals surface area contributed by atoms with E-state index in [1.165, 1.54) is 12.8 Å². The van der Waals surface area contributed by atoms with E-state index < -0.39 is 10.0 Å². The van der Waals surface area contributed by atoms with E-state index in [0.29, 0.717) is 24.3 Å². The molecule has 0 aromatic carbocycles. The first-order chi connectivity index (χ1) is 7.47. The highest BCUT2D eigenvalue weighted by atomic mass is 35.5. The third-order valence-electron chi connectivity index (χ3n) is 3.43. The summed E-state index contributed by atoms with van der Waals surface area (Å²) < 4.78 is 26.0. The lowest BCUT2D eigenvalue weighted by atomic mass is 9.80. The van der Waals surface area contributed by atoms with Gasteiger partial charge in [0.2, 0.25) is 10.0 Å². The summed E-state index contributed by atoms with van der Waals surface area (Å²) in [5.74, 6) is 1.54. The van der Waals surface area contributed by atoms with Crippen molar-refractivity contribution in [3.05, 3.63) is 0 Å². The first-order valence-electron chi connectivity index (χ1n) is 6.02. The predicted octanol–water partition coefficient (Wildman–Crippen LogP) is 2.36. The summed E-state index contributed by atoms with van der Waals surface area (Å²) >= 11 is 5.91. The van der Waals surface area contributed by atoms with Gasteiger partial charge in [0, 0.05) is 12.4 Å². The third-order valence-corrected chi connectivity index (χ3v) is 5.64. The van der Waals surface area contributed by atoms with Crippen molar-refractivity contribution in [2.75, 3.05) is 12.4 Å². The lowest BCUT2D eigenvalue weighted by molar-refractivity contribution is 0.260. The molecule has 5 heteroatoms. The number of sulfonamides is 1. The first-order valence-corrected chi connectivity index (χ1v) is 8.10. The smallest absolute Gasteiger partial charge is 0.213 e. The van der Waals surface area contributed by atoms with Gasteiger partial charge >= 0.3 is 0 Å². The van der Waals surface area contributed by atoms with Crippen molar-refractivity contribution in [1.82, 2.24) is 4.72 Å². The topological polar surface area (TPSA) is 46.2 Å². The van der Waals surface area contributed by atoms with Gasteiger partial charge < -0.3 is 0 Å². The van der Waals surface area contributed by atoms with E-state index in [1.807, 2.05) is 0 Å². The van der Waals surface area contributed by atoms with E-state index in [4.69, 9.17) is 11.6 Å². The van der Waals surface area contributed by atoms with E-state index in [1.54, 1.807) is 13.8 Å². The molecular formula is C11H22ClNO2S. The molecule has 0 radical (unpaired) electrons. The van der Waals surface area contributed by atoms with Crippen molar-refractivity contribution in [3.8, 4) is 0 Å². The first kappa shape index (κ1) is 14.3. The summed E-state index contributed by atoms with van der Waals surface area (Å²) in [6, 6.07) is 0. The average molecular weight is 268 g/mol. The van der Waals surface area contributed by atoms with Crippen molar-refractivity contribution >= 4 is 21.6 Å². The lowest BCUT2D eigenvalue weighted by Gasteiger charge is -2.30. The second-order valence-electron chi connectivity index (χ2n) is 4.90. The van der Waals surface area contributed by atoms with Crippen LogP contribution in [0.2, 0.25) is 0 Å². The van der Waals surface area contributed by atoms with Gasteiger partial charge in [-0.1, -0.05) is 12.8 Å². The number of rotatable bonds is 5. The number of nitrogens with one attached hydrogen (secondary N) is 1. The summed E-state index contributed by atoms with van der Waals surface area (Å²) in [5.41, 5.74) is 0. The lowest BCUT2D eigenvalue weighted by Crippen LogP contribution is -2.38. The Kier molecular flexibility index (Phi) is 5.54. The molecule has 0 aliphatic heterocycles. The van der Waals surface area contributed by atoms with Crippen LogP contribution in [0.4, 0.5) is 0 Å². The minimum absolute atomic E-state index is 0.356. The Morgan fingerprint density at radius 2 is 1.81 bits per heavy atom. The molecule has 1 N–H and O–H groups in total. The van der Waals surface area contributed by atoms with Crippen LogP contribution >= 0.6 is 11.6 Å². The Bertz CT molecular complexity index is 303. The van der Waals surface area contributed by atoms with Gasteiger partial charge in [-0.3, -0.25) is 0 Å². The summed E-state index contributed by atoms with van der Waals surface area (Å²) in [6.07, 6.45) is 4.65. The summed E-state index contributed by atoms with van der Waals surface area (Å²) in [5, 5.41) is -0.356. The van der Waals surface area contributed by atoms with E-state index in [9.17, 15) is 8.42 Å². The Morgan fingerprint density at radius 3 is 2.31 bits per heavy atom. The maximum Gasteiger partial charge on any atom is 0.213 e. The largest absolute Gasteiger partial charge is 0.215 e. The Balaban J connectivity index is 2.47. The van der Waals surface area contributed by atoms with Crippen molar-refractivity contribution in [3.63, 3.8) is 0 Å². The maximum absolute atomic E-state index is 11.6. The molecule has 1 rings (SSSR count). The standard InChI is InChI=1S/C11H22ClNO2S/c1-9(2)16(14,15)13-8-11-6-4-3-5-10(11)7-12/h9-11,13H,3-8H2,1-2H3. The van der Waals surface area contributed by atoms with Gasteiger partial charge in [0.05, 0.1) is 5.25 Å². The molecule has 1 aliphatic carbocycles. The molecule has 1 aliphatic rings. The van der Waals surface area contributed by atoms with E-state index in [-0.39, 0.29) is 5.25 Å². The fraction of sp³-hybridized carbons (Fsp3) is 1.00. The monoisotopic (exact) mass is 267 g/mol. The fourth-order valence-corrected chi connectivity index (χ4v) is 3.33. The molecule has 0 heterocycles. The van der Waals surface area contributed by atoms with Crippen molar-refractivity contribution in [2.24, 2.45) is 11.8 Å². The number of hydrogen-bond acceptors (Lipinski definition) is 2. The van der Waals surface area contributed by atoms with Crippen LogP contribution in [0.3, 0.4) is 0 Å². The quantitative estimate of drug-likeness (QED) is 0.778. The van der Waals surface area contributed by atoms with Crippen LogP contribution in [0.25, 0.3) is 0 Å². The third kappa shape index (κ3) is 3.90. The predicted molar refractivity (Wildman–Crippen MR) is 68.2 cm³/mol. The zero-order valence-corrected chi connectivity index (χ0v) is 11.6. The minimum Gasteiger partial charge on any atom is -0.215 e. The van der Waals surface area contributed by atoms with Gasteiger partial charge in [0.15, 0.2) is 0 Å². The summed E-state index contributed by atoms with van der Waals surface area (Å²) in [4.78, 5) is 0. The second kappa shape index (κ2) is 6.22. The molecular weight excluding hydrogens is 246 g/mol. The van der Waals surface area contributed by atoms with Gasteiger partial charge in [-0.15, -0.1) is 11.6 Å². The molecule has 0 aromatic heterocycles. The highest BCUT2D eigenvalue weighted by Crippen LogP contribution is 2.30. The maximum atomic E-state index is 11.6. The van der Waals surface area contributed by atoms with Gasteiger partial charge in [-0.2, -0.15) is 0 Å². The molecule has 16 heavy (non-hydrogen) atoms. The molecule has 0 bridgehead atoms. The molecule has 2 unspecified atom stereocenters. The average Bonchev–Trinajstić information content (AvgIpc) is 2.26. The number of halogens is 1. The van der Waals surface area contributed by atoms with Crippen LogP contribution in [-0.4, -0.2) is 26.1 Å². The number of alkyl halides is 1. The van der Waals surface area contributed by atoms with Gasteiger partial charge in [0.1, 0.15) is 0 Å².